The number of benzene rings is 2. The summed E-state index contributed by atoms with van der Waals surface area (Å²) in [5.41, 5.74) is 5.28. The summed E-state index contributed by atoms with van der Waals surface area (Å²) in [6.07, 6.45) is 0. The quantitative estimate of drug-likeness (QED) is 0.690. The van der Waals surface area contributed by atoms with Crippen LogP contribution in [0, 0.1) is 20.8 Å². The molecule has 0 atom stereocenters. The van der Waals surface area contributed by atoms with E-state index in [1.807, 2.05) is 62.7 Å². The summed E-state index contributed by atoms with van der Waals surface area (Å²) < 4.78 is 1.92. The standard InChI is InChI=1S/C20H22N4OS/c1-13-6-5-7-16(9-13)19-22-23-20(24(19)4)26-12-18(25)21-17-10-14(2)8-15(3)11-17/h5-11H,12H2,1-4H3,(H,21,25). The first-order valence-electron chi connectivity index (χ1n) is 8.40. The summed E-state index contributed by atoms with van der Waals surface area (Å²) in [7, 11) is 1.92. The topological polar surface area (TPSA) is 59.8 Å². The van der Waals surface area contributed by atoms with E-state index < -0.39 is 0 Å². The van der Waals surface area contributed by atoms with E-state index in [1.54, 1.807) is 0 Å². The Balaban J connectivity index is 1.65. The molecule has 1 N–H and O–H groups in total. The molecule has 0 fully saturated rings. The lowest BCUT2D eigenvalue weighted by molar-refractivity contribution is -0.113. The molecule has 5 nitrogen and oxygen atoms in total. The molecule has 0 aliphatic heterocycles. The molecule has 0 saturated heterocycles. The van der Waals surface area contributed by atoms with E-state index in [9.17, 15) is 4.79 Å². The zero-order valence-electron chi connectivity index (χ0n) is 15.4. The van der Waals surface area contributed by atoms with Crippen LogP contribution < -0.4 is 5.32 Å². The van der Waals surface area contributed by atoms with E-state index in [0.29, 0.717) is 0 Å². The van der Waals surface area contributed by atoms with Gasteiger partial charge in [-0.2, -0.15) is 0 Å². The molecule has 0 radical (unpaired) electrons. The minimum absolute atomic E-state index is 0.0555. The van der Waals surface area contributed by atoms with Gasteiger partial charge in [-0.05, 0) is 50.1 Å². The lowest BCUT2D eigenvalue weighted by Crippen LogP contribution is -2.14. The van der Waals surface area contributed by atoms with Crippen molar-refractivity contribution in [3.8, 4) is 11.4 Å². The molecule has 3 aromatic rings. The third-order valence-electron chi connectivity index (χ3n) is 3.95. The average Bonchev–Trinajstić information content (AvgIpc) is 2.93. The van der Waals surface area contributed by atoms with Gasteiger partial charge in [0.25, 0.3) is 0 Å². The van der Waals surface area contributed by atoms with Crippen molar-refractivity contribution < 1.29 is 4.79 Å². The van der Waals surface area contributed by atoms with Crippen LogP contribution in [0.5, 0.6) is 0 Å². The molecule has 6 heteroatoms. The van der Waals surface area contributed by atoms with Crippen LogP contribution in [0.4, 0.5) is 5.69 Å². The van der Waals surface area contributed by atoms with Crippen molar-refractivity contribution in [2.75, 3.05) is 11.1 Å². The van der Waals surface area contributed by atoms with Crippen LogP contribution in [0.15, 0.2) is 47.6 Å². The van der Waals surface area contributed by atoms with E-state index in [0.717, 1.165) is 33.4 Å². The number of thioether (sulfide) groups is 1. The van der Waals surface area contributed by atoms with Crippen LogP contribution in [0.1, 0.15) is 16.7 Å². The molecule has 1 heterocycles. The zero-order chi connectivity index (χ0) is 18.7. The van der Waals surface area contributed by atoms with Crippen LogP contribution in [0.3, 0.4) is 0 Å². The highest BCUT2D eigenvalue weighted by Crippen LogP contribution is 2.23. The fraction of sp³-hybridized carbons (Fsp3) is 0.250. The molecule has 1 amide bonds. The molecule has 1 aromatic heterocycles. The fourth-order valence-corrected chi connectivity index (χ4v) is 3.56. The number of nitrogens with zero attached hydrogens (tertiary/aromatic N) is 3. The van der Waals surface area contributed by atoms with Crippen LogP contribution in [-0.4, -0.2) is 26.4 Å². The molecule has 3 rings (SSSR count). The molecular formula is C20H22N4OS. The maximum atomic E-state index is 12.3. The normalized spacial score (nSPS) is 10.8. The van der Waals surface area contributed by atoms with Crippen LogP contribution in [0.25, 0.3) is 11.4 Å². The Kier molecular flexibility index (Phi) is 5.42. The Hall–Kier alpha value is -2.60. The first-order valence-corrected chi connectivity index (χ1v) is 9.38. The molecule has 134 valence electrons. The summed E-state index contributed by atoms with van der Waals surface area (Å²) in [5, 5.41) is 12.2. The maximum absolute atomic E-state index is 12.3. The summed E-state index contributed by atoms with van der Waals surface area (Å²) in [6.45, 7) is 6.08. The summed E-state index contributed by atoms with van der Waals surface area (Å²) >= 11 is 1.38. The fourth-order valence-electron chi connectivity index (χ4n) is 2.85. The van der Waals surface area contributed by atoms with Crippen LogP contribution >= 0.6 is 11.8 Å². The highest BCUT2D eigenvalue weighted by atomic mass is 32.2. The second-order valence-corrected chi connectivity index (χ2v) is 7.39. The van der Waals surface area contributed by atoms with Gasteiger partial charge in [-0.3, -0.25) is 4.79 Å². The first-order chi connectivity index (χ1) is 12.4. The number of anilines is 1. The van der Waals surface area contributed by atoms with Gasteiger partial charge >= 0.3 is 0 Å². The number of hydrogen-bond acceptors (Lipinski definition) is 4. The van der Waals surface area contributed by atoms with E-state index in [-0.39, 0.29) is 11.7 Å². The Labute approximate surface area is 157 Å². The molecule has 0 aliphatic rings. The lowest BCUT2D eigenvalue weighted by Gasteiger charge is -2.08. The molecular weight excluding hydrogens is 344 g/mol. The number of rotatable bonds is 5. The SMILES string of the molecule is Cc1cc(C)cc(NC(=O)CSc2nnc(-c3cccc(C)c3)n2C)c1. The smallest absolute Gasteiger partial charge is 0.234 e. The van der Waals surface area contributed by atoms with Crippen molar-refractivity contribution in [1.29, 1.82) is 0 Å². The number of amides is 1. The lowest BCUT2D eigenvalue weighted by atomic mass is 10.1. The third-order valence-corrected chi connectivity index (χ3v) is 4.97. The second kappa shape index (κ2) is 7.74. The van der Waals surface area contributed by atoms with Crippen molar-refractivity contribution in [3.05, 3.63) is 59.2 Å². The van der Waals surface area contributed by atoms with Gasteiger partial charge in [0.05, 0.1) is 5.75 Å². The minimum atomic E-state index is -0.0555. The molecule has 2 aromatic carbocycles. The first kappa shape index (κ1) is 18.2. The van der Waals surface area contributed by atoms with Crippen molar-refractivity contribution in [1.82, 2.24) is 14.8 Å². The monoisotopic (exact) mass is 366 g/mol. The van der Waals surface area contributed by atoms with E-state index in [1.165, 1.54) is 17.3 Å². The molecule has 0 aliphatic carbocycles. The molecule has 0 spiro atoms. The van der Waals surface area contributed by atoms with Gasteiger partial charge in [-0.1, -0.05) is 41.6 Å². The predicted molar refractivity (Wildman–Crippen MR) is 106 cm³/mol. The van der Waals surface area contributed by atoms with Gasteiger partial charge in [0.2, 0.25) is 5.91 Å². The van der Waals surface area contributed by atoms with Crippen LogP contribution in [-0.2, 0) is 11.8 Å². The molecule has 26 heavy (non-hydrogen) atoms. The summed E-state index contributed by atoms with van der Waals surface area (Å²) in [6, 6.07) is 14.2. The number of hydrogen-bond donors (Lipinski definition) is 1. The number of nitrogens with one attached hydrogen (secondary N) is 1. The van der Waals surface area contributed by atoms with E-state index >= 15 is 0 Å². The van der Waals surface area contributed by atoms with Gasteiger partial charge in [-0.15, -0.1) is 10.2 Å². The predicted octanol–water partition coefficient (Wildman–Crippen LogP) is 4.14. The maximum Gasteiger partial charge on any atom is 0.234 e. The van der Waals surface area contributed by atoms with Crippen molar-refractivity contribution in [2.24, 2.45) is 7.05 Å². The molecule has 0 unspecified atom stereocenters. The highest BCUT2D eigenvalue weighted by molar-refractivity contribution is 7.99. The highest BCUT2D eigenvalue weighted by Gasteiger charge is 2.13. The summed E-state index contributed by atoms with van der Waals surface area (Å²) in [5.74, 6) is 1.03. The number of carbonyl (C=O) groups is 1. The van der Waals surface area contributed by atoms with E-state index in [4.69, 9.17) is 0 Å². The van der Waals surface area contributed by atoms with Gasteiger partial charge in [0, 0.05) is 18.3 Å². The minimum Gasteiger partial charge on any atom is -0.325 e. The molecule has 0 saturated carbocycles. The van der Waals surface area contributed by atoms with Crippen molar-refractivity contribution >= 4 is 23.4 Å². The van der Waals surface area contributed by atoms with Gasteiger partial charge < -0.3 is 9.88 Å². The zero-order valence-corrected chi connectivity index (χ0v) is 16.2. The van der Waals surface area contributed by atoms with Crippen LogP contribution in [0.2, 0.25) is 0 Å². The number of carbonyl (C=O) groups excluding carboxylic acids is 1. The van der Waals surface area contributed by atoms with Gasteiger partial charge in [0.15, 0.2) is 11.0 Å². The third kappa shape index (κ3) is 4.32. The van der Waals surface area contributed by atoms with Gasteiger partial charge in [-0.25, -0.2) is 0 Å². The summed E-state index contributed by atoms with van der Waals surface area (Å²) in [4.78, 5) is 12.3. The Morgan fingerprint density at radius 1 is 1.04 bits per heavy atom. The Morgan fingerprint density at radius 2 is 1.77 bits per heavy atom. The average molecular weight is 366 g/mol. The van der Waals surface area contributed by atoms with E-state index in [2.05, 4.69) is 27.6 Å². The Bertz CT molecular complexity index is 928. The van der Waals surface area contributed by atoms with Crippen molar-refractivity contribution in [3.63, 3.8) is 0 Å². The number of aryl methyl sites for hydroxylation is 3. The van der Waals surface area contributed by atoms with Gasteiger partial charge in [0.1, 0.15) is 0 Å². The molecule has 0 bridgehead atoms. The largest absolute Gasteiger partial charge is 0.325 e. The second-order valence-electron chi connectivity index (χ2n) is 6.45. The number of aromatic nitrogens is 3. The van der Waals surface area contributed by atoms with Crippen molar-refractivity contribution in [2.45, 2.75) is 25.9 Å². The Morgan fingerprint density at radius 3 is 2.46 bits per heavy atom.